The number of carbonyl (C=O) groups excluding carboxylic acids is 6. The summed E-state index contributed by atoms with van der Waals surface area (Å²) in [4.78, 5) is 64.3. The predicted octanol–water partition coefficient (Wildman–Crippen LogP) is 15.5. The van der Waals surface area contributed by atoms with Crippen LogP contribution in [0.1, 0.15) is 33.4 Å². The predicted molar refractivity (Wildman–Crippen MR) is 475 cm³/mol. The van der Waals surface area contributed by atoms with Gasteiger partial charge in [0.25, 0.3) is 0 Å². The molecule has 0 aliphatic carbocycles. The number of para-hydroxylation sites is 12. The Kier molecular flexibility index (Phi) is 55.3. The zero-order valence-corrected chi connectivity index (χ0v) is 80.6. The van der Waals surface area contributed by atoms with Crippen molar-refractivity contribution in [1.82, 2.24) is 0 Å². The number of aliphatic hydroxyl groups excluding tert-OH is 2. The minimum absolute atomic E-state index is 0. The van der Waals surface area contributed by atoms with Gasteiger partial charge in [0.1, 0.15) is 0 Å². The van der Waals surface area contributed by atoms with E-state index in [-0.39, 0.29) is 132 Å². The Morgan fingerprint density at radius 3 is 0.402 bits per heavy atom. The second kappa shape index (κ2) is 60.0. The summed E-state index contributed by atoms with van der Waals surface area (Å²) < 4.78 is 0. The summed E-state index contributed by atoms with van der Waals surface area (Å²) in [6.07, 6.45) is -1.05. The van der Waals surface area contributed by atoms with E-state index in [4.69, 9.17) is 149 Å². The van der Waals surface area contributed by atoms with Gasteiger partial charge < -0.3 is 112 Å². The molecule has 0 aromatic heterocycles. The van der Waals surface area contributed by atoms with Gasteiger partial charge in [-0.05, 0) is 143 Å². The summed E-state index contributed by atoms with van der Waals surface area (Å²) in [6, 6.07) is 73.1. The number of carboxylic acids is 6. The fourth-order valence-electron chi connectivity index (χ4n) is 10.2. The number of anilines is 12. The Morgan fingerprint density at radius 1 is 0.205 bits per heavy atom. The molecule has 632 valence electrons. The average Bonchev–Trinajstić information content (AvgIpc) is 0.861. The molecular formula is C86H74Cl12N6O16Pr2+2. The largest absolute Gasteiger partial charge is 3.00 e. The van der Waals surface area contributed by atoms with E-state index in [0.29, 0.717) is 162 Å². The van der Waals surface area contributed by atoms with Crippen molar-refractivity contribution in [2.75, 3.05) is 46.1 Å². The van der Waals surface area contributed by atoms with Crippen molar-refractivity contribution in [1.29, 1.82) is 0 Å². The zero-order valence-electron chi connectivity index (χ0n) is 64.1. The maximum atomic E-state index is 10.7. The number of carboxylic acid groups (broad SMARTS) is 6. The van der Waals surface area contributed by atoms with Crippen LogP contribution >= 0.6 is 139 Å². The number of rotatable bonds is 24. The molecule has 0 saturated heterocycles. The SMILES string of the molecule is CO.CO.O=C([O-])Cc1ccccc1Nc1c(Cl)cccc1Cl.O=C([O-])Cc1ccccc1Nc1c(Cl)cccc1Cl.O=C([O-])Cc1ccccc1Nc1c(Cl)cccc1Cl.O=C([O-])Cc1ccccc1Nc1c(Cl)cccc1Cl.O=C([O-])Cc1ccccc1Nc1c(Cl)cccc1Cl.O=C([O-])Cc1ccccc1Nc1c(Cl)cccc1Cl.[OH3+].[OH3+].[Pr+3].[Pr+3]. The van der Waals surface area contributed by atoms with E-state index in [2.05, 4.69) is 31.9 Å². The molecule has 0 spiro atoms. The fourth-order valence-corrected chi connectivity index (χ4v) is 13.2. The van der Waals surface area contributed by atoms with Crippen molar-refractivity contribution in [2.45, 2.75) is 38.5 Å². The molecule has 0 radical (unpaired) electrons. The maximum Gasteiger partial charge on any atom is 3.00 e. The molecular weight excluding hydrogens is 2080 g/mol. The van der Waals surface area contributed by atoms with Crippen LogP contribution in [0.15, 0.2) is 255 Å². The van der Waals surface area contributed by atoms with Gasteiger partial charge in [-0.25, -0.2) is 0 Å². The third kappa shape index (κ3) is 38.4. The molecule has 14 N–H and O–H groups in total. The van der Waals surface area contributed by atoms with E-state index in [1.54, 1.807) is 255 Å². The Bertz CT molecular complexity index is 4440. The summed E-state index contributed by atoms with van der Waals surface area (Å²) in [5.74, 6) is -6.84. The molecule has 22 nitrogen and oxygen atoms in total. The van der Waals surface area contributed by atoms with Crippen LogP contribution in [-0.4, -0.2) is 60.2 Å². The molecule has 0 aliphatic heterocycles. The van der Waals surface area contributed by atoms with E-state index < -0.39 is 35.8 Å². The molecule has 0 heterocycles. The van der Waals surface area contributed by atoms with Crippen LogP contribution in [-0.2, 0) is 78.2 Å². The number of nitrogens with one attached hydrogen (secondary N) is 6. The van der Waals surface area contributed by atoms with Gasteiger partial charge in [-0.2, -0.15) is 0 Å². The minimum Gasteiger partial charge on any atom is -0.550 e. The van der Waals surface area contributed by atoms with Crippen LogP contribution in [0.2, 0.25) is 60.3 Å². The number of hydrogen-bond acceptors (Lipinski definition) is 20. The van der Waals surface area contributed by atoms with E-state index in [1.807, 2.05) is 0 Å². The van der Waals surface area contributed by atoms with Crippen molar-refractivity contribution in [3.05, 3.63) is 348 Å². The normalized spacial score (nSPS) is 9.64. The molecule has 0 aliphatic rings. The summed E-state index contributed by atoms with van der Waals surface area (Å²) in [6.45, 7) is 0. The number of carbonyl (C=O) groups is 6. The van der Waals surface area contributed by atoms with Crippen molar-refractivity contribution in [3.8, 4) is 0 Å². The molecule has 0 fully saturated rings. The summed E-state index contributed by atoms with van der Waals surface area (Å²) >= 11 is 72.7. The van der Waals surface area contributed by atoms with Gasteiger partial charge >= 0.3 is 82.6 Å². The Hall–Kier alpha value is -7.69. The quantitative estimate of drug-likeness (QED) is 0.0260. The Balaban J connectivity index is 0.000000721. The smallest absolute Gasteiger partial charge is 0.550 e. The Labute approximate surface area is 829 Å². The van der Waals surface area contributed by atoms with Gasteiger partial charge in [0.05, 0.1) is 94.4 Å². The fraction of sp³-hybridized carbons (Fsp3) is 0.0930. The summed E-state index contributed by atoms with van der Waals surface area (Å²) in [7, 11) is 2.00. The first-order valence-electron chi connectivity index (χ1n) is 34.3. The third-order valence-electron chi connectivity index (χ3n) is 15.4. The van der Waals surface area contributed by atoms with Crippen molar-refractivity contribution in [3.63, 3.8) is 0 Å². The van der Waals surface area contributed by atoms with E-state index in [0.717, 1.165) is 14.2 Å². The summed E-state index contributed by atoms with van der Waals surface area (Å²) in [5.41, 5.74) is 10.8. The van der Waals surface area contributed by atoms with Gasteiger partial charge in [-0.3, -0.25) is 0 Å². The van der Waals surface area contributed by atoms with Gasteiger partial charge in [0.2, 0.25) is 0 Å². The molecule has 12 aromatic carbocycles. The minimum atomic E-state index is -1.14. The van der Waals surface area contributed by atoms with Crippen LogP contribution in [0.3, 0.4) is 0 Å². The topological polar surface area (TPSA) is 419 Å². The Morgan fingerprint density at radius 2 is 0.303 bits per heavy atom. The maximum absolute atomic E-state index is 10.7. The van der Waals surface area contributed by atoms with Crippen LogP contribution in [0.4, 0.5) is 68.2 Å². The van der Waals surface area contributed by atoms with Crippen molar-refractivity contribution < 1.29 is 163 Å². The van der Waals surface area contributed by atoms with Crippen LogP contribution in [0.25, 0.3) is 0 Å². The van der Waals surface area contributed by atoms with Crippen molar-refractivity contribution >= 4 is 243 Å². The standard InChI is InChI=1S/6C14H11Cl2NO2.2CH4O.2H2O.2Pr/c6*15-10-5-3-6-11(16)14(10)17-12-7-2-1-4-9(12)8-13(18)19;2*1-2;;;;/h6*1-7,17H,8H2,(H,18,19);2*2H,1H3;2*1H2;;/q;;;;;;;;;;2*+3/p-4. The second-order valence-corrected chi connectivity index (χ2v) is 28.5. The number of aliphatic carboxylic acids is 6. The molecule has 0 saturated carbocycles. The first kappa shape index (κ1) is 112. The molecule has 0 bridgehead atoms. The average molecular weight is 2150 g/mol. The molecule has 12 rings (SSSR count). The van der Waals surface area contributed by atoms with E-state index >= 15 is 0 Å². The number of halogens is 12. The van der Waals surface area contributed by atoms with Crippen LogP contribution in [0.5, 0.6) is 0 Å². The van der Waals surface area contributed by atoms with Crippen molar-refractivity contribution in [2.24, 2.45) is 0 Å². The van der Waals surface area contributed by atoms with E-state index in [1.165, 1.54) is 0 Å². The zero-order chi connectivity index (χ0) is 87.0. The molecule has 122 heavy (non-hydrogen) atoms. The van der Waals surface area contributed by atoms with E-state index in [9.17, 15) is 59.4 Å². The van der Waals surface area contributed by atoms with Gasteiger partial charge in [0.15, 0.2) is 0 Å². The molecule has 36 heteroatoms. The van der Waals surface area contributed by atoms with Gasteiger partial charge in [0, 0.05) is 123 Å². The van der Waals surface area contributed by atoms with Gasteiger partial charge in [-0.1, -0.05) is 285 Å². The van der Waals surface area contributed by atoms with Gasteiger partial charge in [-0.15, -0.1) is 0 Å². The monoisotopic (exact) mass is 2150 g/mol. The first-order valence-corrected chi connectivity index (χ1v) is 38.8. The molecule has 12 aromatic rings. The first-order chi connectivity index (χ1) is 56.5. The number of benzene rings is 12. The number of hydrogen-bond donors (Lipinski definition) is 8. The second-order valence-electron chi connectivity index (χ2n) is 23.6. The summed E-state index contributed by atoms with van der Waals surface area (Å²) in [5, 5.41) is 102. The molecule has 0 amide bonds. The number of aliphatic hydroxyl groups is 2. The molecule has 0 unspecified atom stereocenters. The third-order valence-corrected chi connectivity index (χ3v) is 19.2. The molecule has 0 atom stereocenters. The van der Waals surface area contributed by atoms with Crippen LogP contribution in [0, 0.1) is 82.6 Å². The van der Waals surface area contributed by atoms with Crippen LogP contribution < -0.4 is 62.5 Å².